The molecule has 1 heterocycles. The average molecular weight is 362 g/mol. The Hall–Kier alpha value is -0.0900. The molecule has 0 atom stereocenters. The Labute approximate surface area is 120 Å². The van der Waals surface area contributed by atoms with Gasteiger partial charge >= 0.3 is 0 Å². The van der Waals surface area contributed by atoms with Gasteiger partial charge in [-0.05, 0) is 60.2 Å². The summed E-state index contributed by atoms with van der Waals surface area (Å²) in [7, 11) is 0. The molecule has 17 heavy (non-hydrogen) atoms. The van der Waals surface area contributed by atoms with Crippen molar-refractivity contribution in [2.45, 2.75) is 38.6 Å². The summed E-state index contributed by atoms with van der Waals surface area (Å²) < 4.78 is 1.15. The molecule has 1 aromatic heterocycles. The molecule has 1 fully saturated rings. The first-order valence-corrected chi connectivity index (χ1v) is 8.09. The Morgan fingerprint density at radius 3 is 2.82 bits per heavy atom. The van der Waals surface area contributed by atoms with Crippen molar-refractivity contribution in [2.75, 3.05) is 16.8 Å². The van der Waals surface area contributed by atoms with Crippen LogP contribution in [0.25, 0.3) is 0 Å². The predicted octanol–water partition coefficient (Wildman–Crippen LogP) is 4.30. The fourth-order valence-corrected chi connectivity index (χ4v) is 2.83. The van der Waals surface area contributed by atoms with Gasteiger partial charge < -0.3 is 4.90 Å². The van der Waals surface area contributed by atoms with E-state index in [1.165, 1.54) is 31.2 Å². The van der Waals surface area contributed by atoms with Crippen LogP contribution in [0.5, 0.6) is 0 Å². The van der Waals surface area contributed by atoms with E-state index in [0.717, 1.165) is 22.2 Å². The smallest absolute Gasteiger partial charge is 0.143 e. The van der Waals surface area contributed by atoms with Gasteiger partial charge in [0.25, 0.3) is 0 Å². The molecule has 0 aliphatic heterocycles. The van der Waals surface area contributed by atoms with Crippen molar-refractivity contribution in [3.63, 3.8) is 0 Å². The van der Waals surface area contributed by atoms with Crippen LogP contribution in [0.4, 0.5) is 5.82 Å². The van der Waals surface area contributed by atoms with Gasteiger partial charge in [0.1, 0.15) is 5.82 Å². The monoisotopic (exact) mass is 360 g/mol. The fraction of sp³-hybridized carbons (Fsp3) is 0.615. The second-order valence-electron chi connectivity index (χ2n) is 4.59. The first-order chi connectivity index (χ1) is 8.24. The lowest BCUT2D eigenvalue weighted by Gasteiger charge is -2.39. The van der Waals surface area contributed by atoms with Gasteiger partial charge in [-0.3, -0.25) is 0 Å². The third-order valence-electron chi connectivity index (χ3n) is 3.38. The normalized spacial score (nSPS) is 15.7. The number of alkyl halides is 1. The summed E-state index contributed by atoms with van der Waals surface area (Å²) in [6.45, 7) is 3.21. The van der Waals surface area contributed by atoms with E-state index in [-0.39, 0.29) is 0 Å². The number of nitrogens with zero attached hydrogens (tertiary/aromatic N) is 2. The van der Waals surface area contributed by atoms with Gasteiger partial charge in [-0.2, -0.15) is 0 Å². The van der Waals surface area contributed by atoms with E-state index in [1.54, 1.807) is 0 Å². The van der Waals surface area contributed by atoms with E-state index in [0.29, 0.717) is 6.04 Å². The number of hydrogen-bond donors (Lipinski definition) is 0. The van der Waals surface area contributed by atoms with Crippen molar-refractivity contribution in [1.29, 1.82) is 0 Å². The first kappa shape index (κ1) is 13.3. The predicted molar refractivity (Wildman–Crippen MR) is 80.1 cm³/mol. The zero-order chi connectivity index (χ0) is 12.3. The molecule has 0 saturated heterocycles. The van der Waals surface area contributed by atoms with E-state index < -0.39 is 0 Å². The van der Waals surface area contributed by atoms with E-state index in [9.17, 15) is 0 Å². The van der Waals surface area contributed by atoms with Crippen molar-refractivity contribution < 1.29 is 0 Å². The molecule has 2 nitrogen and oxygen atoms in total. The van der Waals surface area contributed by atoms with E-state index in [1.807, 2.05) is 6.20 Å². The Bertz CT molecular complexity index is 378. The number of rotatable bonds is 5. The largest absolute Gasteiger partial charge is 0.353 e. The lowest BCUT2D eigenvalue weighted by Crippen LogP contribution is -2.41. The van der Waals surface area contributed by atoms with Gasteiger partial charge in [0.2, 0.25) is 0 Å². The lowest BCUT2D eigenvalue weighted by molar-refractivity contribution is 0.384. The van der Waals surface area contributed by atoms with Gasteiger partial charge in [0.05, 0.1) is 4.47 Å². The summed E-state index contributed by atoms with van der Waals surface area (Å²) in [6.07, 6.45) is 7.06. The fourth-order valence-electron chi connectivity index (χ4n) is 2.12. The number of anilines is 1. The van der Waals surface area contributed by atoms with Gasteiger partial charge in [-0.25, -0.2) is 4.98 Å². The Kier molecular flexibility index (Phi) is 4.86. The molecule has 0 radical (unpaired) electrons. The maximum Gasteiger partial charge on any atom is 0.143 e. The van der Waals surface area contributed by atoms with Gasteiger partial charge in [-0.1, -0.05) is 15.9 Å². The van der Waals surface area contributed by atoms with Crippen LogP contribution in [0, 0.1) is 6.92 Å². The van der Waals surface area contributed by atoms with E-state index in [4.69, 9.17) is 0 Å². The third kappa shape index (κ3) is 3.02. The molecule has 4 heteroatoms. The van der Waals surface area contributed by atoms with Gasteiger partial charge in [0.15, 0.2) is 0 Å². The van der Waals surface area contributed by atoms with E-state index >= 15 is 0 Å². The second kappa shape index (κ2) is 6.19. The van der Waals surface area contributed by atoms with Crippen molar-refractivity contribution in [3.05, 3.63) is 22.3 Å². The number of halogens is 2. The zero-order valence-corrected chi connectivity index (χ0v) is 13.3. The molecule has 0 aromatic carbocycles. The summed E-state index contributed by atoms with van der Waals surface area (Å²) in [5.74, 6) is 1.12. The van der Waals surface area contributed by atoms with Crippen LogP contribution in [0.1, 0.15) is 31.2 Å². The van der Waals surface area contributed by atoms with Crippen LogP contribution >= 0.6 is 31.9 Å². The highest BCUT2D eigenvalue weighted by Crippen LogP contribution is 2.34. The summed E-state index contributed by atoms with van der Waals surface area (Å²) >= 11 is 7.19. The lowest BCUT2D eigenvalue weighted by atomic mass is 9.91. The minimum Gasteiger partial charge on any atom is -0.353 e. The highest BCUT2D eigenvalue weighted by atomic mass is 79.9. The maximum atomic E-state index is 4.56. The molecule has 1 aromatic rings. The summed E-state index contributed by atoms with van der Waals surface area (Å²) in [6, 6.07) is 2.75. The Morgan fingerprint density at radius 2 is 2.24 bits per heavy atom. The maximum absolute atomic E-state index is 4.56. The summed E-state index contributed by atoms with van der Waals surface area (Å²) in [4.78, 5) is 7.03. The SMILES string of the molecule is Cc1ccnc(N(CCCBr)C2CCC2)c1Br. The molecular weight excluding hydrogens is 344 g/mol. The highest BCUT2D eigenvalue weighted by molar-refractivity contribution is 9.10. The summed E-state index contributed by atoms with van der Waals surface area (Å²) in [5.41, 5.74) is 1.26. The zero-order valence-electron chi connectivity index (χ0n) is 10.1. The average Bonchev–Trinajstić information content (AvgIpc) is 2.26. The third-order valence-corrected chi connectivity index (χ3v) is 4.92. The van der Waals surface area contributed by atoms with E-state index in [2.05, 4.69) is 54.7 Å². The van der Waals surface area contributed by atoms with Crippen LogP contribution in [0.2, 0.25) is 0 Å². The number of hydrogen-bond acceptors (Lipinski definition) is 2. The summed E-state index contributed by atoms with van der Waals surface area (Å²) in [5, 5.41) is 1.06. The van der Waals surface area contributed by atoms with Gasteiger partial charge in [0, 0.05) is 24.1 Å². The molecule has 2 rings (SSSR count). The van der Waals surface area contributed by atoms with Crippen molar-refractivity contribution in [2.24, 2.45) is 0 Å². The van der Waals surface area contributed by atoms with Crippen LogP contribution in [0.15, 0.2) is 16.7 Å². The molecule has 1 aliphatic carbocycles. The molecule has 0 spiro atoms. The quantitative estimate of drug-likeness (QED) is 0.727. The number of aromatic nitrogens is 1. The molecular formula is C13H18Br2N2. The van der Waals surface area contributed by atoms with Gasteiger partial charge in [-0.15, -0.1) is 0 Å². The number of pyridine rings is 1. The first-order valence-electron chi connectivity index (χ1n) is 6.17. The molecule has 0 N–H and O–H groups in total. The molecule has 94 valence electrons. The Morgan fingerprint density at radius 1 is 1.47 bits per heavy atom. The molecule has 1 aliphatic rings. The van der Waals surface area contributed by atoms with Crippen LogP contribution < -0.4 is 4.90 Å². The molecule has 0 amide bonds. The molecule has 0 unspecified atom stereocenters. The van der Waals surface area contributed by atoms with Crippen molar-refractivity contribution in [1.82, 2.24) is 4.98 Å². The minimum absolute atomic E-state index is 0.694. The standard InChI is InChI=1S/C13H18Br2N2/c1-10-6-8-16-13(12(10)15)17(9-3-7-14)11-4-2-5-11/h6,8,11H,2-5,7,9H2,1H3. The molecule has 0 bridgehead atoms. The van der Waals surface area contributed by atoms with Crippen LogP contribution in [-0.4, -0.2) is 22.9 Å². The highest BCUT2D eigenvalue weighted by Gasteiger charge is 2.27. The van der Waals surface area contributed by atoms with Crippen molar-refractivity contribution in [3.8, 4) is 0 Å². The minimum atomic E-state index is 0.694. The van der Waals surface area contributed by atoms with Crippen LogP contribution in [0.3, 0.4) is 0 Å². The topological polar surface area (TPSA) is 16.1 Å². The Balaban J connectivity index is 2.21. The second-order valence-corrected chi connectivity index (χ2v) is 6.17. The number of aryl methyl sites for hydroxylation is 1. The van der Waals surface area contributed by atoms with Crippen LogP contribution in [-0.2, 0) is 0 Å². The molecule has 1 saturated carbocycles. The van der Waals surface area contributed by atoms with Crippen molar-refractivity contribution >= 4 is 37.7 Å².